The first-order valence-corrected chi connectivity index (χ1v) is 15.2. The van der Waals surface area contributed by atoms with Crippen LogP contribution in [-0.4, -0.2) is 59.6 Å². The van der Waals surface area contributed by atoms with E-state index < -0.39 is 0 Å². The van der Waals surface area contributed by atoms with E-state index >= 15 is 0 Å². The summed E-state index contributed by atoms with van der Waals surface area (Å²) in [5.74, 6) is 1.56. The minimum atomic E-state index is -0.213. The number of ether oxygens (including phenoxy) is 2. The van der Waals surface area contributed by atoms with Gasteiger partial charge in [-0.1, -0.05) is 82.7 Å². The summed E-state index contributed by atoms with van der Waals surface area (Å²) in [6.07, 6.45) is 6.72. The average Bonchev–Trinajstić information content (AvgIpc) is 3.51. The second-order valence-electron chi connectivity index (χ2n) is 11.8. The second-order valence-corrected chi connectivity index (χ2v) is 11.8. The molecule has 0 saturated heterocycles. The highest BCUT2D eigenvalue weighted by atomic mass is 16.5. The van der Waals surface area contributed by atoms with Crippen LogP contribution in [0.25, 0.3) is 0 Å². The van der Waals surface area contributed by atoms with E-state index in [-0.39, 0.29) is 29.8 Å². The number of nitrogens with zero attached hydrogens (tertiary/aromatic N) is 4. The molecule has 0 aliphatic carbocycles. The van der Waals surface area contributed by atoms with E-state index in [1.165, 1.54) is 0 Å². The highest BCUT2D eigenvalue weighted by Gasteiger charge is 2.33. The quantitative estimate of drug-likeness (QED) is 0.246. The molecular weight excluding hydrogens is 542 g/mol. The van der Waals surface area contributed by atoms with Crippen LogP contribution in [0.2, 0.25) is 0 Å². The van der Waals surface area contributed by atoms with Crippen molar-refractivity contribution >= 4 is 17.4 Å². The summed E-state index contributed by atoms with van der Waals surface area (Å²) in [5, 5.41) is 11.5. The molecule has 3 atom stereocenters. The fourth-order valence-electron chi connectivity index (χ4n) is 5.27. The number of rotatable bonds is 15. The van der Waals surface area contributed by atoms with Gasteiger partial charge >= 0.3 is 0 Å². The number of carbonyl (C=O) groups is 2. The van der Waals surface area contributed by atoms with Gasteiger partial charge < -0.3 is 19.7 Å². The number of benzene rings is 2. The molecule has 1 aliphatic rings. The summed E-state index contributed by atoms with van der Waals surface area (Å²) >= 11 is 0. The van der Waals surface area contributed by atoms with Gasteiger partial charge in [-0.3, -0.25) is 9.59 Å². The van der Waals surface area contributed by atoms with Crippen LogP contribution < -0.4 is 15.0 Å². The lowest BCUT2D eigenvalue weighted by molar-refractivity contribution is -0.123. The summed E-state index contributed by atoms with van der Waals surface area (Å²) in [7, 11) is 0. The summed E-state index contributed by atoms with van der Waals surface area (Å²) in [6, 6.07) is 17.5. The molecule has 4 rings (SSSR count). The number of hydrogen-bond acceptors (Lipinski definition) is 7. The van der Waals surface area contributed by atoms with Gasteiger partial charge in [0.2, 0.25) is 0 Å². The maximum atomic E-state index is 12.3. The SMILES string of the molecule is CCC(C)C(C)C(C)(C)c1cn(CCOCCNC(=O)COc2ccc(C3C=CC(=O)CN3c3ccccc3)cc2)nn1. The molecule has 2 aromatic carbocycles. The standard InChI is InChI=1S/C34H45N5O4/c1-6-25(2)26(3)34(4,5)32-23-38(37-36-32)19-21-42-20-18-35-33(41)24-43-30-15-12-27(13-16-30)31-17-14-29(40)22-39(31)28-10-8-7-9-11-28/h7-17,23,25-26,31H,6,18-22,24H2,1-5H3,(H,35,41). The first kappa shape index (κ1) is 31.9. The molecule has 0 bridgehead atoms. The van der Waals surface area contributed by atoms with Crippen molar-refractivity contribution in [3.63, 3.8) is 0 Å². The lowest BCUT2D eigenvalue weighted by Crippen LogP contribution is -2.35. The zero-order valence-corrected chi connectivity index (χ0v) is 26.0. The highest BCUT2D eigenvalue weighted by molar-refractivity contribution is 5.95. The lowest BCUT2D eigenvalue weighted by atomic mass is 9.71. The van der Waals surface area contributed by atoms with Crippen molar-refractivity contribution in [2.45, 2.75) is 59.0 Å². The molecule has 0 radical (unpaired) electrons. The molecule has 1 aliphatic heterocycles. The van der Waals surface area contributed by atoms with Gasteiger partial charge in [-0.25, -0.2) is 4.68 Å². The number of carbonyl (C=O) groups excluding carboxylic acids is 2. The summed E-state index contributed by atoms with van der Waals surface area (Å²) in [6.45, 7) is 13.4. The normalized spacial score (nSPS) is 16.6. The average molecular weight is 588 g/mol. The zero-order chi connectivity index (χ0) is 30.8. The number of para-hydroxylation sites is 1. The molecule has 1 N–H and O–H groups in total. The Hall–Kier alpha value is -3.98. The molecule has 0 fully saturated rings. The predicted molar refractivity (Wildman–Crippen MR) is 168 cm³/mol. The molecule has 230 valence electrons. The van der Waals surface area contributed by atoms with Crippen LogP contribution in [0.3, 0.4) is 0 Å². The van der Waals surface area contributed by atoms with Crippen molar-refractivity contribution in [3.05, 3.63) is 84.2 Å². The lowest BCUT2D eigenvalue weighted by Gasteiger charge is -2.34. The van der Waals surface area contributed by atoms with Crippen LogP contribution in [-0.2, 0) is 26.3 Å². The van der Waals surface area contributed by atoms with Gasteiger partial charge in [0.15, 0.2) is 12.4 Å². The van der Waals surface area contributed by atoms with E-state index in [4.69, 9.17) is 9.47 Å². The third-order valence-electron chi connectivity index (χ3n) is 8.67. The van der Waals surface area contributed by atoms with Crippen LogP contribution in [0, 0.1) is 11.8 Å². The Bertz CT molecular complexity index is 1350. The Balaban J connectivity index is 1.15. The van der Waals surface area contributed by atoms with Crippen molar-refractivity contribution < 1.29 is 19.1 Å². The Labute approximate surface area is 255 Å². The Morgan fingerprint density at radius 2 is 1.84 bits per heavy atom. The molecule has 43 heavy (non-hydrogen) atoms. The number of nitrogens with one attached hydrogen (secondary N) is 1. The number of amides is 1. The van der Waals surface area contributed by atoms with Gasteiger partial charge in [0, 0.05) is 23.8 Å². The Morgan fingerprint density at radius 1 is 1.09 bits per heavy atom. The predicted octanol–water partition coefficient (Wildman–Crippen LogP) is 5.14. The summed E-state index contributed by atoms with van der Waals surface area (Å²) < 4.78 is 13.2. The molecule has 2 heterocycles. The first-order valence-electron chi connectivity index (χ1n) is 15.2. The van der Waals surface area contributed by atoms with Crippen LogP contribution >= 0.6 is 0 Å². The highest BCUT2D eigenvalue weighted by Crippen LogP contribution is 2.36. The van der Waals surface area contributed by atoms with Crippen LogP contribution in [0.4, 0.5) is 5.69 Å². The molecule has 1 aromatic heterocycles. The molecule has 0 spiro atoms. The molecule has 1 amide bonds. The molecule has 9 nitrogen and oxygen atoms in total. The fourth-order valence-corrected chi connectivity index (χ4v) is 5.27. The molecule has 9 heteroatoms. The third-order valence-corrected chi connectivity index (χ3v) is 8.67. The number of ketones is 1. The Kier molecular flexibility index (Phi) is 11.1. The van der Waals surface area contributed by atoms with Crippen molar-refractivity contribution in [1.29, 1.82) is 0 Å². The van der Waals surface area contributed by atoms with Gasteiger partial charge in [-0.05, 0) is 47.7 Å². The van der Waals surface area contributed by atoms with Crippen molar-refractivity contribution in [3.8, 4) is 5.75 Å². The summed E-state index contributed by atoms with van der Waals surface area (Å²) in [5.41, 5.74) is 2.97. The molecular formula is C34H45N5O4. The minimum absolute atomic E-state index is 0.0547. The van der Waals surface area contributed by atoms with Gasteiger partial charge in [-0.15, -0.1) is 5.10 Å². The number of aromatic nitrogens is 3. The topological polar surface area (TPSA) is 98.6 Å². The van der Waals surface area contributed by atoms with E-state index in [1.54, 1.807) is 6.08 Å². The van der Waals surface area contributed by atoms with Gasteiger partial charge in [0.1, 0.15) is 5.75 Å². The third kappa shape index (κ3) is 8.54. The van der Waals surface area contributed by atoms with Gasteiger partial charge in [0.25, 0.3) is 5.91 Å². The van der Waals surface area contributed by atoms with Crippen LogP contribution in [0.5, 0.6) is 5.75 Å². The zero-order valence-electron chi connectivity index (χ0n) is 26.0. The number of anilines is 1. The smallest absolute Gasteiger partial charge is 0.258 e. The monoisotopic (exact) mass is 587 g/mol. The van der Waals surface area contributed by atoms with E-state index in [0.29, 0.717) is 50.4 Å². The largest absolute Gasteiger partial charge is 0.484 e. The second kappa shape index (κ2) is 15.0. The van der Waals surface area contributed by atoms with E-state index in [9.17, 15) is 9.59 Å². The maximum absolute atomic E-state index is 12.3. The molecule has 3 aromatic rings. The van der Waals surface area contributed by atoms with Crippen molar-refractivity contribution in [2.24, 2.45) is 11.8 Å². The molecule has 3 unspecified atom stereocenters. The minimum Gasteiger partial charge on any atom is -0.484 e. The van der Waals surface area contributed by atoms with Gasteiger partial charge in [-0.2, -0.15) is 0 Å². The number of hydrogen-bond donors (Lipinski definition) is 1. The van der Waals surface area contributed by atoms with E-state index in [2.05, 4.69) is 55.1 Å². The van der Waals surface area contributed by atoms with Crippen molar-refractivity contribution in [2.75, 3.05) is 37.8 Å². The van der Waals surface area contributed by atoms with Gasteiger partial charge in [0.05, 0.1) is 38.0 Å². The fraction of sp³-hybridized carbons (Fsp3) is 0.471. The van der Waals surface area contributed by atoms with E-state index in [0.717, 1.165) is 23.4 Å². The molecule has 0 saturated carbocycles. The maximum Gasteiger partial charge on any atom is 0.258 e. The van der Waals surface area contributed by atoms with E-state index in [1.807, 2.05) is 71.6 Å². The Morgan fingerprint density at radius 3 is 2.56 bits per heavy atom. The first-order chi connectivity index (χ1) is 20.7. The summed E-state index contributed by atoms with van der Waals surface area (Å²) in [4.78, 5) is 26.4. The van der Waals surface area contributed by atoms with Crippen LogP contribution in [0.15, 0.2) is 72.9 Å². The van der Waals surface area contributed by atoms with Crippen molar-refractivity contribution in [1.82, 2.24) is 20.3 Å². The van der Waals surface area contributed by atoms with Crippen LogP contribution in [0.1, 0.15) is 58.3 Å².